The Balaban J connectivity index is 0.000000283. The molecule has 0 aliphatic heterocycles. The number of aryl methyl sites for hydroxylation is 4. The molecule has 6 aromatic rings. The molecule has 0 heterocycles. The molecule has 0 atom stereocenters. The van der Waals surface area contributed by atoms with Crippen molar-refractivity contribution in [2.75, 3.05) is 0 Å². The number of unbranched alkanes of at least 4 members (excludes halogenated alkanes) is 2. The van der Waals surface area contributed by atoms with Crippen molar-refractivity contribution >= 4 is 48.1 Å². The molecule has 0 N–H and O–H groups in total. The Morgan fingerprint density at radius 1 is 0.500 bits per heavy atom. The summed E-state index contributed by atoms with van der Waals surface area (Å²) in [6.07, 6.45) is 9.57. The van der Waals surface area contributed by atoms with Gasteiger partial charge in [-0.3, -0.25) is 0 Å². The standard InChI is InChI=1S/2C27H35.C2H6Si.2ClH.Zr/c2*1-7-9-10-20-13-22-12-11-21(8-2)27(26(22)14-20)25-16-23(18(3)4)15-24(17-25)19(5)6;1-3-2;;;/h2*11-19H,7-10H2,1-6H3;1-2H3;2*1H;/q2*-1;;;;+4/p-2. The minimum absolute atomic E-state index is 0.548. The van der Waals surface area contributed by atoms with Crippen LogP contribution in [-0.4, -0.2) is 9.52 Å². The molecule has 0 fully saturated rings. The fourth-order valence-corrected chi connectivity index (χ4v) is 8.07. The third kappa shape index (κ3) is 14.4. The fraction of sp³-hybridized carbons (Fsp3) is 0.464. The van der Waals surface area contributed by atoms with E-state index >= 15 is 0 Å². The molecule has 0 amide bonds. The zero-order valence-corrected chi connectivity index (χ0v) is 44.8. The summed E-state index contributed by atoms with van der Waals surface area (Å²) >= 11 is -0.826. The Bertz CT molecular complexity index is 1970. The maximum absolute atomic E-state index is 4.93. The first-order valence-corrected chi connectivity index (χ1v) is 31.3. The Hall–Kier alpha value is -2.22. The van der Waals surface area contributed by atoms with E-state index in [9.17, 15) is 0 Å². The number of benzene rings is 4. The van der Waals surface area contributed by atoms with Crippen LogP contribution >= 0.6 is 17.0 Å². The summed E-state index contributed by atoms with van der Waals surface area (Å²) in [6.45, 7) is 31.8. The molecular formula is C56H76Cl2SiZr. The summed E-state index contributed by atoms with van der Waals surface area (Å²) in [6, 6.07) is 33.6. The van der Waals surface area contributed by atoms with Crippen molar-refractivity contribution in [3.63, 3.8) is 0 Å². The zero-order chi connectivity index (χ0) is 44.5. The molecule has 322 valence electrons. The Morgan fingerprint density at radius 3 is 1.05 bits per heavy atom. The van der Waals surface area contributed by atoms with Crippen LogP contribution in [0.5, 0.6) is 0 Å². The third-order valence-electron chi connectivity index (χ3n) is 11.7. The molecule has 0 unspecified atom stereocenters. The summed E-state index contributed by atoms with van der Waals surface area (Å²) < 4.78 is 0. The normalized spacial score (nSPS) is 11.1. The van der Waals surface area contributed by atoms with Crippen molar-refractivity contribution in [3.05, 3.63) is 129 Å². The molecule has 0 bridgehead atoms. The van der Waals surface area contributed by atoms with Gasteiger partial charge in [0.25, 0.3) is 0 Å². The van der Waals surface area contributed by atoms with Crippen LogP contribution in [0, 0.1) is 0 Å². The molecule has 6 aromatic carbocycles. The van der Waals surface area contributed by atoms with Gasteiger partial charge < -0.3 is 0 Å². The van der Waals surface area contributed by atoms with E-state index in [0.29, 0.717) is 23.7 Å². The van der Waals surface area contributed by atoms with Gasteiger partial charge in [0.05, 0.1) is 0 Å². The number of rotatable bonds is 14. The zero-order valence-electron chi connectivity index (χ0n) is 39.8. The molecular weight excluding hydrogens is 863 g/mol. The molecule has 6 rings (SSSR count). The topological polar surface area (TPSA) is 0 Å². The van der Waals surface area contributed by atoms with Crippen molar-refractivity contribution in [3.8, 4) is 22.3 Å². The molecule has 0 aliphatic carbocycles. The van der Waals surface area contributed by atoms with E-state index in [1.807, 2.05) is 0 Å². The SMILES string of the molecule is CCCCc1cc2c(-c3cc(C(C)C)cc(C(C)C)c3)c(CC)ccc2[cH-]1.CCCCc1cc2c(-c3cc(C(C)C)cc(C(C)C)c3)c(CC)ccc2[cH-]1.C[Si]C.[Cl][Zr+2][Cl]. The minimum atomic E-state index is -0.826. The quantitative estimate of drug-likeness (QED) is 0.0754. The summed E-state index contributed by atoms with van der Waals surface area (Å²) in [5, 5.41) is 5.68. The van der Waals surface area contributed by atoms with E-state index in [1.54, 1.807) is 0 Å². The van der Waals surface area contributed by atoms with Crippen molar-refractivity contribution in [1.82, 2.24) is 0 Å². The van der Waals surface area contributed by atoms with Crippen molar-refractivity contribution < 1.29 is 20.8 Å². The van der Waals surface area contributed by atoms with Gasteiger partial charge >= 0.3 is 37.9 Å². The van der Waals surface area contributed by atoms with E-state index in [1.165, 1.54) is 127 Å². The molecule has 0 aliphatic rings. The molecule has 4 heteroatoms. The summed E-state index contributed by atoms with van der Waals surface area (Å²) in [4.78, 5) is 0. The van der Waals surface area contributed by atoms with E-state index in [0.717, 1.165) is 22.4 Å². The second-order valence-corrected chi connectivity index (χ2v) is 22.5. The van der Waals surface area contributed by atoms with Gasteiger partial charge in [-0.2, -0.15) is 12.1 Å². The van der Waals surface area contributed by atoms with Gasteiger partial charge in [-0.15, -0.1) is 69.1 Å². The van der Waals surface area contributed by atoms with Crippen molar-refractivity contribution in [2.45, 2.75) is 171 Å². The molecule has 0 saturated heterocycles. The van der Waals surface area contributed by atoms with Crippen LogP contribution in [0.3, 0.4) is 0 Å². The molecule has 2 radical (unpaired) electrons. The molecule has 0 spiro atoms. The van der Waals surface area contributed by atoms with Gasteiger partial charge in [-0.25, -0.2) is 0 Å². The number of hydrogen-bond acceptors (Lipinski definition) is 0. The predicted molar refractivity (Wildman–Crippen MR) is 271 cm³/mol. The van der Waals surface area contributed by atoms with Crippen molar-refractivity contribution in [1.29, 1.82) is 0 Å². The number of fused-ring (bicyclic) bond motifs is 2. The van der Waals surface area contributed by atoms with E-state index in [4.69, 9.17) is 17.0 Å². The molecule has 0 nitrogen and oxygen atoms in total. The first-order valence-electron chi connectivity index (χ1n) is 23.0. The fourth-order valence-electron chi connectivity index (χ4n) is 8.07. The summed E-state index contributed by atoms with van der Waals surface area (Å²) in [5.41, 5.74) is 17.4. The van der Waals surface area contributed by atoms with Gasteiger partial charge in [0.2, 0.25) is 0 Å². The average molecular weight is 939 g/mol. The Labute approximate surface area is 388 Å². The first-order chi connectivity index (χ1) is 28.7. The van der Waals surface area contributed by atoms with Gasteiger partial charge in [0.1, 0.15) is 0 Å². The number of hydrogen-bond donors (Lipinski definition) is 0. The Kier molecular flexibility index (Phi) is 22.9. The van der Waals surface area contributed by atoms with Gasteiger partial charge in [-0.05, 0) is 82.7 Å². The van der Waals surface area contributed by atoms with E-state index in [-0.39, 0.29) is 0 Å². The van der Waals surface area contributed by atoms with Crippen LogP contribution in [0.1, 0.15) is 177 Å². The van der Waals surface area contributed by atoms with Gasteiger partial charge in [0.15, 0.2) is 0 Å². The van der Waals surface area contributed by atoms with Crippen molar-refractivity contribution in [2.24, 2.45) is 0 Å². The van der Waals surface area contributed by atoms with E-state index in [2.05, 4.69) is 181 Å². The number of halogens is 2. The predicted octanol–water partition coefficient (Wildman–Crippen LogP) is 18.9. The molecule has 0 aromatic heterocycles. The van der Waals surface area contributed by atoms with Gasteiger partial charge in [0, 0.05) is 9.52 Å². The monoisotopic (exact) mass is 936 g/mol. The van der Waals surface area contributed by atoms with Crippen LogP contribution in [0.2, 0.25) is 13.1 Å². The van der Waals surface area contributed by atoms with Crippen LogP contribution in [0.15, 0.2) is 84.9 Å². The summed E-state index contributed by atoms with van der Waals surface area (Å²) in [7, 11) is 11.0. The third-order valence-corrected chi connectivity index (χ3v) is 11.7. The van der Waals surface area contributed by atoms with Crippen LogP contribution < -0.4 is 0 Å². The Morgan fingerprint density at radius 2 is 0.800 bits per heavy atom. The average Bonchev–Trinajstić information content (AvgIpc) is 3.85. The molecule has 60 heavy (non-hydrogen) atoms. The first kappa shape index (κ1) is 52.1. The second kappa shape index (κ2) is 26.4. The van der Waals surface area contributed by atoms with Crippen LogP contribution in [-0.2, 0) is 46.5 Å². The maximum atomic E-state index is 4.93. The van der Waals surface area contributed by atoms with Gasteiger partial charge in [-0.1, -0.05) is 181 Å². The second-order valence-electron chi connectivity index (χ2n) is 17.8. The summed E-state index contributed by atoms with van der Waals surface area (Å²) in [5.74, 6) is 2.19. The van der Waals surface area contributed by atoms with Crippen LogP contribution in [0.4, 0.5) is 0 Å². The molecule has 0 saturated carbocycles. The van der Waals surface area contributed by atoms with Crippen LogP contribution in [0.25, 0.3) is 43.8 Å². The van der Waals surface area contributed by atoms with E-state index < -0.39 is 20.8 Å².